The summed E-state index contributed by atoms with van der Waals surface area (Å²) < 4.78 is 26.1. The fourth-order valence-corrected chi connectivity index (χ4v) is 2.47. The molecule has 2 N–H and O–H groups in total. The number of hydrogen-bond donors (Lipinski definition) is 2. The van der Waals surface area contributed by atoms with E-state index in [1.54, 1.807) is 0 Å². The van der Waals surface area contributed by atoms with Crippen molar-refractivity contribution in [3.05, 3.63) is 29.8 Å². The second kappa shape index (κ2) is 6.63. The molecule has 0 spiro atoms. The monoisotopic (exact) mass is 271 g/mol. The molecule has 18 heavy (non-hydrogen) atoms. The number of unbranched alkanes of at least 4 members (excludes halogenated alkanes) is 1. The lowest BCUT2D eigenvalue weighted by Gasteiger charge is -2.06. The van der Waals surface area contributed by atoms with Crippen LogP contribution in [0.15, 0.2) is 29.2 Å². The Labute approximate surface area is 107 Å². The first-order valence-electron chi connectivity index (χ1n) is 5.69. The average molecular weight is 271 g/mol. The lowest BCUT2D eigenvalue weighted by Crippen LogP contribution is -2.25. The zero-order chi connectivity index (χ0) is 13.6. The summed E-state index contributed by atoms with van der Waals surface area (Å²) in [6.45, 7) is 1.77. The molecule has 0 aliphatic rings. The van der Waals surface area contributed by atoms with Crippen LogP contribution in [-0.4, -0.2) is 32.5 Å². The molecule has 1 rings (SSSR count). The summed E-state index contributed by atoms with van der Waals surface area (Å²) in [5.74, 6) is -0.102. The van der Waals surface area contributed by atoms with Crippen LogP contribution in [0.2, 0.25) is 0 Å². The van der Waals surface area contributed by atoms with E-state index < -0.39 is 10.0 Å². The number of carbonyl (C=O) groups excluding carboxylic acids is 1. The normalized spacial score (nSPS) is 11.4. The Morgan fingerprint density at radius 3 is 2.33 bits per heavy atom. The molecule has 0 saturated heterocycles. The molecule has 5 nitrogen and oxygen atoms in total. The third-order valence-electron chi connectivity index (χ3n) is 2.45. The van der Waals surface area contributed by atoms with E-state index in [9.17, 15) is 13.2 Å². The Morgan fingerprint density at radius 2 is 1.83 bits per heavy atom. The van der Waals surface area contributed by atoms with Crippen molar-refractivity contribution in [1.29, 1.82) is 0 Å². The highest BCUT2D eigenvalue weighted by molar-refractivity contribution is 7.89. The number of nitrogens with one attached hydrogen (secondary N) is 1. The molecular formula is C12H17NO4S. The van der Waals surface area contributed by atoms with Gasteiger partial charge in [-0.25, -0.2) is 13.1 Å². The molecule has 0 amide bonds. The molecule has 0 heterocycles. The number of aliphatic hydroxyl groups excluding tert-OH is 1. The number of benzene rings is 1. The summed E-state index contributed by atoms with van der Waals surface area (Å²) in [6.07, 6.45) is 1.15. The minimum absolute atomic E-state index is 0.0506. The molecule has 0 aliphatic heterocycles. The van der Waals surface area contributed by atoms with Gasteiger partial charge < -0.3 is 5.11 Å². The largest absolute Gasteiger partial charge is 0.396 e. The van der Waals surface area contributed by atoms with Gasteiger partial charge in [-0.15, -0.1) is 0 Å². The molecule has 1 aromatic rings. The minimum atomic E-state index is -3.53. The first-order chi connectivity index (χ1) is 8.47. The molecule has 0 atom stereocenters. The molecule has 0 radical (unpaired) electrons. The quantitative estimate of drug-likeness (QED) is 0.571. The van der Waals surface area contributed by atoms with Crippen molar-refractivity contribution in [2.45, 2.75) is 24.7 Å². The summed E-state index contributed by atoms with van der Waals surface area (Å²) >= 11 is 0. The highest BCUT2D eigenvalue weighted by Gasteiger charge is 2.13. The van der Waals surface area contributed by atoms with Crippen LogP contribution in [0.25, 0.3) is 0 Å². The van der Waals surface area contributed by atoms with Gasteiger partial charge in [0.1, 0.15) is 0 Å². The van der Waals surface area contributed by atoms with Crippen molar-refractivity contribution in [1.82, 2.24) is 4.72 Å². The highest BCUT2D eigenvalue weighted by Crippen LogP contribution is 2.10. The second-order valence-electron chi connectivity index (χ2n) is 3.91. The SMILES string of the molecule is CC(=O)c1ccc(S(=O)(=O)NCCCCO)cc1. The van der Waals surface area contributed by atoms with Crippen LogP contribution in [0.4, 0.5) is 0 Å². The van der Waals surface area contributed by atoms with E-state index in [1.165, 1.54) is 31.2 Å². The van der Waals surface area contributed by atoms with Crippen molar-refractivity contribution in [2.24, 2.45) is 0 Å². The number of carbonyl (C=O) groups is 1. The topological polar surface area (TPSA) is 83.5 Å². The van der Waals surface area contributed by atoms with Gasteiger partial charge in [0.15, 0.2) is 5.78 Å². The van der Waals surface area contributed by atoms with Gasteiger partial charge in [0, 0.05) is 18.7 Å². The number of ketones is 1. The van der Waals surface area contributed by atoms with Gasteiger partial charge in [-0.1, -0.05) is 12.1 Å². The molecule has 0 saturated carbocycles. The summed E-state index contributed by atoms with van der Waals surface area (Å²) in [6, 6.07) is 5.80. The Bertz CT molecular complexity index is 493. The zero-order valence-electron chi connectivity index (χ0n) is 10.2. The van der Waals surface area contributed by atoms with E-state index in [4.69, 9.17) is 5.11 Å². The van der Waals surface area contributed by atoms with Gasteiger partial charge in [-0.2, -0.15) is 0 Å². The molecular weight excluding hydrogens is 254 g/mol. The summed E-state index contributed by atoms with van der Waals surface area (Å²) in [5, 5.41) is 8.59. The summed E-state index contributed by atoms with van der Waals surface area (Å²) in [7, 11) is -3.53. The maximum absolute atomic E-state index is 11.8. The van der Waals surface area contributed by atoms with Gasteiger partial charge in [0.05, 0.1) is 4.90 Å². The lowest BCUT2D eigenvalue weighted by atomic mass is 10.2. The molecule has 6 heteroatoms. The van der Waals surface area contributed by atoms with E-state index in [2.05, 4.69) is 4.72 Å². The van der Waals surface area contributed by atoms with E-state index in [-0.39, 0.29) is 23.8 Å². The number of Topliss-reactive ketones (excluding diaryl/α,β-unsaturated/α-hetero) is 1. The predicted molar refractivity (Wildman–Crippen MR) is 68.0 cm³/mol. The van der Waals surface area contributed by atoms with E-state index >= 15 is 0 Å². The number of rotatable bonds is 7. The molecule has 0 fully saturated rings. The van der Waals surface area contributed by atoms with Crippen LogP contribution in [0.1, 0.15) is 30.1 Å². The standard InChI is InChI=1S/C12H17NO4S/c1-10(15)11-4-6-12(7-5-11)18(16,17)13-8-2-3-9-14/h4-7,13-14H,2-3,8-9H2,1H3. The van der Waals surface area contributed by atoms with Gasteiger partial charge in [0.2, 0.25) is 10.0 Å². The van der Waals surface area contributed by atoms with Crippen molar-refractivity contribution >= 4 is 15.8 Å². The Kier molecular flexibility index (Phi) is 5.46. The smallest absolute Gasteiger partial charge is 0.240 e. The third-order valence-corrected chi connectivity index (χ3v) is 3.93. The highest BCUT2D eigenvalue weighted by atomic mass is 32.2. The van der Waals surface area contributed by atoms with Crippen LogP contribution in [0, 0.1) is 0 Å². The van der Waals surface area contributed by atoms with Crippen LogP contribution < -0.4 is 4.72 Å². The maximum atomic E-state index is 11.8. The van der Waals surface area contributed by atoms with Gasteiger partial charge >= 0.3 is 0 Å². The van der Waals surface area contributed by atoms with Crippen LogP contribution >= 0.6 is 0 Å². The maximum Gasteiger partial charge on any atom is 0.240 e. The van der Waals surface area contributed by atoms with Crippen molar-refractivity contribution in [3.8, 4) is 0 Å². The average Bonchev–Trinajstić information content (AvgIpc) is 2.35. The molecule has 0 unspecified atom stereocenters. The van der Waals surface area contributed by atoms with Gasteiger partial charge in [-0.3, -0.25) is 4.79 Å². The lowest BCUT2D eigenvalue weighted by molar-refractivity contribution is 0.101. The van der Waals surface area contributed by atoms with Crippen LogP contribution in [0.3, 0.4) is 0 Å². The molecule has 0 bridgehead atoms. The summed E-state index contributed by atoms with van der Waals surface area (Å²) in [4.78, 5) is 11.2. The first kappa shape index (κ1) is 14.8. The fraction of sp³-hybridized carbons (Fsp3) is 0.417. The Balaban J connectivity index is 2.70. The Morgan fingerprint density at radius 1 is 1.22 bits per heavy atom. The van der Waals surface area contributed by atoms with Crippen molar-refractivity contribution in [3.63, 3.8) is 0 Å². The fourth-order valence-electron chi connectivity index (χ4n) is 1.40. The molecule has 0 aromatic heterocycles. The molecule has 1 aromatic carbocycles. The third kappa shape index (κ3) is 4.21. The van der Waals surface area contributed by atoms with Gasteiger partial charge in [0.25, 0.3) is 0 Å². The van der Waals surface area contributed by atoms with E-state index in [0.717, 1.165) is 0 Å². The molecule has 100 valence electrons. The van der Waals surface area contributed by atoms with Crippen molar-refractivity contribution in [2.75, 3.05) is 13.2 Å². The second-order valence-corrected chi connectivity index (χ2v) is 5.68. The van der Waals surface area contributed by atoms with Gasteiger partial charge in [-0.05, 0) is 31.9 Å². The van der Waals surface area contributed by atoms with E-state index in [0.29, 0.717) is 18.4 Å². The predicted octanol–water partition coefficient (Wildman–Crippen LogP) is 0.940. The Hall–Kier alpha value is -1.24. The number of hydrogen-bond acceptors (Lipinski definition) is 4. The number of aliphatic hydroxyl groups is 1. The minimum Gasteiger partial charge on any atom is -0.396 e. The van der Waals surface area contributed by atoms with Crippen LogP contribution in [-0.2, 0) is 10.0 Å². The zero-order valence-corrected chi connectivity index (χ0v) is 11.0. The first-order valence-corrected chi connectivity index (χ1v) is 7.17. The van der Waals surface area contributed by atoms with Crippen molar-refractivity contribution < 1.29 is 18.3 Å². The number of sulfonamides is 1. The van der Waals surface area contributed by atoms with Crippen LogP contribution in [0.5, 0.6) is 0 Å². The van der Waals surface area contributed by atoms with E-state index in [1.807, 2.05) is 0 Å². The summed E-state index contributed by atoms with van der Waals surface area (Å²) in [5.41, 5.74) is 0.481. The molecule has 0 aliphatic carbocycles.